The minimum absolute atomic E-state index is 0. The van der Waals surface area contributed by atoms with Crippen LogP contribution in [0.3, 0.4) is 0 Å². The highest BCUT2D eigenvalue weighted by molar-refractivity contribution is 4.77. The standard InChI is InChI=1S/C13H28.C9H20.CH4/c1-5-9-13(10-6-2,11-7-3)12-8-4;1-4-7-9(6-3)8-5-2;/h5-12H2,1-4H3;9H,4-8H2,1-3H3;1H4. The van der Waals surface area contributed by atoms with Gasteiger partial charge in [-0.05, 0) is 37.0 Å². The SMILES string of the molecule is C.CCCC(CC)CCC.CCCC(CCC)(CCC)CCC. The molecule has 0 nitrogen and oxygen atoms in total. The normalized spacial score (nSPS) is 11.0. The van der Waals surface area contributed by atoms with Gasteiger partial charge in [-0.15, -0.1) is 0 Å². The Kier molecular flexibility index (Phi) is 24.3. The smallest absolute Gasteiger partial charge is 0.0298 e. The van der Waals surface area contributed by atoms with Gasteiger partial charge in [0.05, 0.1) is 0 Å². The van der Waals surface area contributed by atoms with Crippen molar-refractivity contribution >= 4 is 0 Å². The van der Waals surface area contributed by atoms with Crippen LogP contribution in [0.15, 0.2) is 0 Å². The number of hydrogen-bond donors (Lipinski definition) is 0. The van der Waals surface area contributed by atoms with E-state index in [2.05, 4.69) is 48.5 Å². The van der Waals surface area contributed by atoms with Gasteiger partial charge >= 0.3 is 0 Å². The quantitative estimate of drug-likeness (QED) is 0.316. The van der Waals surface area contributed by atoms with Crippen molar-refractivity contribution in [1.29, 1.82) is 0 Å². The van der Waals surface area contributed by atoms with Gasteiger partial charge in [0.2, 0.25) is 0 Å². The van der Waals surface area contributed by atoms with E-state index in [1.807, 2.05) is 0 Å². The molecule has 23 heavy (non-hydrogen) atoms. The third-order valence-electron chi connectivity index (χ3n) is 5.09. The Morgan fingerprint density at radius 3 is 1.00 bits per heavy atom. The molecule has 0 amide bonds. The molecule has 0 aliphatic rings. The second-order valence-electron chi connectivity index (χ2n) is 7.35. The van der Waals surface area contributed by atoms with Gasteiger partial charge in [-0.3, -0.25) is 0 Å². The molecular formula is C23H52. The van der Waals surface area contributed by atoms with Crippen LogP contribution in [0.25, 0.3) is 0 Å². The highest BCUT2D eigenvalue weighted by Crippen LogP contribution is 2.39. The lowest BCUT2D eigenvalue weighted by Crippen LogP contribution is -2.20. The van der Waals surface area contributed by atoms with E-state index in [-0.39, 0.29) is 7.43 Å². The van der Waals surface area contributed by atoms with Crippen molar-refractivity contribution in [3.63, 3.8) is 0 Å². The Morgan fingerprint density at radius 1 is 0.522 bits per heavy atom. The molecule has 0 heteroatoms. The van der Waals surface area contributed by atoms with Crippen LogP contribution < -0.4 is 0 Å². The third kappa shape index (κ3) is 15.3. The van der Waals surface area contributed by atoms with E-state index in [9.17, 15) is 0 Å². The molecule has 0 rings (SSSR count). The summed E-state index contributed by atoms with van der Waals surface area (Å²) in [6, 6.07) is 0. The van der Waals surface area contributed by atoms with Gasteiger partial charge in [0, 0.05) is 0 Å². The van der Waals surface area contributed by atoms with Crippen LogP contribution in [0.4, 0.5) is 0 Å². The van der Waals surface area contributed by atoms with Gasteiger partial charge < -0.3 is 0 Å². The summed E-state index contributed by atoms with van der Waals surface area (Å²) in [6.07, 6.45) is 18.2. The van der Waals surface area contributed by atoms with Gasteiger partial charge in [0.15, 0.2) is 0 Å². The Balaban J connectivity index is -0.000000354. The maximum atomic E-state index is 2.33. The predicted molar refractivity (Wildman–Crippen MR) is 112 cm³/mol. The highest BCUT2D eigenvalue weighted by atomic mass is 14.3. The lowest BCUT2D eigenvalue weighted by atomic mass is 9.72. The maximum Gasteiger partial charge on any atom is -0.0298 e. The van der Waals surface area contributed by atoms with E-state index >= 15 is 0 Å². The lowest BCUT2D eigenvalue weighted by molar-refractivity contribution is 0.190. The molecule has 0 saturated carbocycles. The molecule has 0 aromatic rings. The summed E-state index contributed by atoms with van der Waals surface area (Å²) in [5.74, 6) is 1.01. The van der Waals surface area contributed by atoms with Gasteiger partial charge in [-0.2, -0.15) is 0 Å². The molecule has 0 fully saturated rings. The molecule has 0 aliphatic heterocycles. The molecule has 0 spiro atoms. The highest BCUT2D eigenvalue weighted by Gasteiger charge is 2.25. The van der Waals surface area contributed by atoms with E-state index in [4.69, 9.17) is 0 Å². The van der Waals surface area contributed by atoms with Crippen molar-refractivity contribution in [3.05, 3.63) is 0 Å². The zero-order valence-corrected chi connectivity index (χ0v) is 17.3. The first-order chi connectivity index (χ1) is 10.6. The first kappa shape index (κ1) is 27.8. The first-order valence-electron chi connectivity index (χ1n) is 10.6. The maximum absolute atomic E-state index is 2.33. The summed E-state index contributed by atoms with van der Waals surface area (Å²) in [4.78, 5) is 0. The van der Waals surface area contributed by atoms with E-state index in [1.54, 1.807) is 0 Å². The molecule has 0 unspecified atom stereocenters. The third-order valence-corrected chi connectivity index (χ3v) is 5.09. The molecule has 0 N–H and O–H groups in total. The zero-order valence-electron chi connectivity index (χ0n) is 17.3. The van der Waals surface area contributed by atoms with Crippen LogP contribution in [0, 0.1) is 11.3 Å². The molecule has 0 aromatic heterocycles. The van der Waals surface area contributed by atoms with Crippen LogP contribution >= 0.6 is 0 Å². The van der Waals surface area contributed by atoms with E-state index < -0.39 is 0 Å². The minimum Gasteiger partial charge on any atom is -0.0776 e. The summed E-state index contributed by atoms with van der Waals surface area (Å²) in [6.45, 7) is 16.2. The zero-order chi connectivity index (χ0) is 17.3. The monoisotopic (exact) mass is 328 g/mol. The van der Waals surface area contributed by atoms with Crippen molar-refractivity contribution in [3.8, 4) is 0 Å². The molecule has 0 bridgehead atoms. The Bertz CT molecular complexity index is 159. The van der Waals surface area contributed by atoms with Crippen molar-refractivity contribution in [2.24, 2.45) is 11.3 Å². The average molecular weight is 329 g/mol. The topological polar surface area (TPSA) is 0 Å². The van der Waals surface area contributed by atoms with Gasteiger partial charge in [0.1, 0.15) is 0 Å². The largest absolute Gasteiger partial charge is 0.0776 e. The summed E-state index contributed by atoms with van der Waals surface area (Å²) in [7, 11) is 0. The van der Waals surface area contributed by atoms with Crippen molar-refractivity contribution < 1.29 is 0 Å². The van der Waals surface area contributed by atoms with Crippen LogP contribution in [-0.4, -0.2) is 0 Å². The summed E-state index contributed by atoms with van der Waals surface area (Å²) in [5, 5.41) is 0. The molecule has 0 aromatic carbocycles. The number of rotatable bonds is 13. The minimum atomic E-state index is 0. The van der Waals surface area contributed by atoms with Gasteiger partial charge in [0.25, 0.3) is 0 Å². The Hall–Kier alpha value is 0. The summed E-state index contributed by atoms with van der Waals surface area (Å²) in [5.41, 5.74) is 0.701. The first-order valence-corrected chi connectivity index (χ1v) is 10.6. The summed E-state index contributed by atoms with van der Waals surface area (Å²) >= 11 is 0. The second-order valence-corrected chi connectivity index (χ2v) is 7.35. The van der Waals surface area contributed by atoms with Gasteiger partial charge in [-0.1, -0.05) is 114 Å². The number of hydrogen-bond acceptors (Lipinski definition) is 0. The van der Waals surface area contributed by atoms with Crippen LogP contribution in [0.2, 0.25) is 0 Å². The summed E-state index contributed by atoms with van der Waals surface area (Å²) < 4.78 is 0. The molecule has 0 radical (unpaired) electrons. The fraction of sp³-hybridized carbons (Fsp3) is 1.00. The Morgan fingerprint density at radius 2 is 0.826 bits per heavy atom. The van der Waals surface area contributed by atoms with Crippen molar-refractivity contribution in [2.75, 3.05) is 0 Å². The fourth-order valence-electron chi connectivity index (χ4n) is 4.24. The molecular weight excluding hydrogens is 276 g/mol. The van der Waals surface area contributed by atoms with Crippen molar-refractivity contribution in [1.82, 2.24) is 0 Å². The molecule has 0 atom stereocenters. The fourth-order valence-corrected chi connectivity index (χ4v) is 4.24. The lowest BCUT2D eigenvalue weighted by Gasteiger charge is -2.33. The molecule has 0 heterocycles. The van der Waals surface area contributed by atoms with Gasteiger partial charge in [-0.25, -0.2) is 0 Å². The second kappa shape index (κ2) is 20.0. The molecule has 0 saturated heterocycles. The average Bonchev–Trinajstić information content (AvgIpc) is 2.49. The molecule has 144 valence electrons. The van der Waals surface area contributed by atoms with Crippen LogP contribution in [0.5, 0.6) is 0 Å². The van der Waals surface area contributed by atoms with E-state index in [1.165, 1.54) is 83.5 Å². The van der Waals surface area contributed by atoms with Crippen LogP contribution in [0.1, 0.15) is 139 Å². The van der Waals surface area contributed by atoms with E-state index in [0.29, 0.717) is 5.41 Å². The molecule has 0 aliphatic carbocycles. The predicted octanol–water partition coefficient (Wildman–Crippen LogP) is 9.42. The van der Waals surface area contributed by atoms with E-state index in [0.717, 1.165) is 5.92 Å². The van der Waals surface area contributed by atoms with Crippen molar-refractivity contribution in [2.45, 2.75) is 139 Å². The van der Waals surface area contributed by atoms with Crippen LogP contribution in [-0.2, 0) is 0 Å². The Labute approximate surface area is 151 Å².